The Morgan fingerprint density at radius 1 is 1.29 bits per heavy atom. The average Bonchev–Trinajstić information content (AvgIpc) is 2.81. The normalized spacial score (nSPS) is 25.0. The van der Waals surface area contributed by atoms with Crippen LogP contribution in [0.1, 0.15) is 33.1 Å². The number of anilines is 1. The molecule has 1 aliphatic carbocycles. The van der Waals surface area contributed by atoms with Gasteiger partial charge >= 0.3 is 0 Å². The van der Waals surface area contributed by atoms with E-state index in [1.807, 2.05) is 0 Å². The number of carbonyl (C=O) groups excluding carboxylic acids is 1. The topological polar surface area (TPSA) is 41.1 Å². The predicted molar refractivity (Wildman–Crippen MR) is 89.1 cm³/mol. The van der Waals surface area contributed by atoms with Crippen LogP contribution >= 0.6 is 23.2 Å². The molecule has 1 aliphatic rings. The molecule has 3 nitrogen and oxygen atoms in total. The van der Waals surface area contributed by atoms with Crippen molar-refractivity contribution in [3.8, 4) is 0 Å². The van der Waals surface area contributed by atoms with Crippen LogP contribution in [0.2, 0.25) is 10.0 Å². The van der Waals surface area contributed by atoms with E-state index in [4.69, 9.17) is 23.2 Å². The van der Waals surface area contributed by atoms with E-state index in [1.54, 1.807) is 18.2 Å². The summed E-state index contributed by atoms with van der Waals surface area (Å²) < 4.78 is 0. The van der Waals surface area contributed by atoms with Gasteiger partial charge in [0.25, 0.3) is 0 Å². The highest BCUT2D eigenvalue weighted by atomic mass is 35.5. The quantitative estimate of drug-likeness (QED) is 0.843. The maximum absolute atomic E-state index is 12.0. The van der Waals surface area contributed by atoms with Crippen LogP contribution in [0.25, 0.3) is 0 Å². The number of nitrogens with one attached hydrogen (secondary N) is 2. The second-order valence-electron chi connectivity index (χ2n) is 5.74. The van der Waals surface area contributed by atoms with Gasteiger partial charge in [-0.05, 0) is 36.8 Å². The zero-order valence-electron chi connectivity index (χ0n) is 12.5. The van der Waals surface area contributed by atoms with Gasteiger partial charge in [0.2, 0.25) is 5.91 Å². The first kappa shape index (κ1) is 16.6. The molecule has 2 N–H and O–H groups in total. The van der Waals surface area contributed by atoms with Gasteiger partial charge < -0.3 is 10.6 Å². The molecule has 1 fully saturated rings. The molecule has 3 unspecified atom stereocenters. The van der Waals surface area contributed by atoms with Gasteiger partial charge in [-0.15, -0.1) is 0 Å². The molecule has 0 spiro atoms. The highest BCUT2D eigenvalue weighted by Gasteiger charge is 2.31. The number of hydrogen-bond donors (Lipinski definition) is 2. The van der Waals surface area contributed by atoms with Crippen molar-refractivity contribution < 1.29 is 4.79 Å². The van der Waals surface area contributed by atoms with Gasteiger partial charge in [-0.1, -0.05) is 49.5 Å². The van der Waals surface area contributed by atoms with Crippen LogP contribution in [0.5, 0.6) is 0 Å². The Labute approximate surface area is 136 Å². The van der Waals surface area contributed by atoms with Crippen LogP contribution in [-0.2, 0) is 4.79 Å². The maximum atomic E-state index is 12.0. The molecule has 3 atom stereocenters. The average molecular weight is 329 g/mol. The van der Waals surface area contributed by atoms with Crippen molar-refractivity contribution in [1.82, 2.24) is 5.32 Å². The van der Waals surface area contributed by atoms with Gasteiger partial charge in [0, 0.05) is 6.04 Å². The number of benzene rings is 1. The van der Waals surface area contributed by atoms with Crippen molar-refractivity contribution in [2.45, 2.75) is 39.2 Å². The highest BCUT2D eigenvalue weighted by Crippen LogP contribution is 2.34. The third kappa shape index (κ3) is 4.12. The minimum absolute atomic E-state index is 0.114. The minimum atomic E-state index is -0.114. The summed E-state index contributed by atoms with van der Waals surface area (Å²) >= 11 is 12.1. The number of amides is 1. The molecule has 0 bridgehead atoms. The van der Waals surface area contributed by atoms with E-state index in [-0.39, 0.29) is 12.5 Å². The van der Waals surface area contributed by atoms with Crippen molar-refractivity contribution in [1.29, 1.82) is 0 Å². The second kappa shape index (κ2) is 7.48. The number of hydrogen-bond acceptors (Lipinski definition) is 2. The van der Waals surface area contributed by atoms with E-state index >= 15 is 0 Å². The van der Waals surface area contributed by atoms with Gasteiger partial charge in [0.1, 0.15) is 0 Å². The van der Waals surface area contributed by atoms with Gasteiger partial charge in [-0.2, -0.15) is 0 Å². The van der Waals surface area contributed by atoms with Crippen molar-refractivity contribution in [2.24, 2.45) is 11.8 Å². The summed E-state index contributed by atoms with van der Waals surface area (Å²) in [6.45, 7) is 4.78. The summed E-state index contributed by atoms with van der Waals surface area (Å²) in [6.07, 6.45) is 3.59. The van der Waals surface area contributed by atoms with Gasteiger partial charge in [0.05, 0.1) is 22.3 Å². The van der Waals surface area contributed by atoms with Crippen LogP contribution in [0, 0.1) is 11.8 Å². The van der Waals surface area contributed by atoms with E-state index in [2.05, 4.69) is 24.5 Å². The largest absolute Gasteiger partial charge is 0.322 e. The summed E-state index contributed by atoms with van der Waals surface area (Å²) in [5.74, 6) is 1.27. The first-order chi connectivity index (χ1) is 10.0. The van der Waals surface area contributed by atoms with Crippen LogP contribution < -0.4 is 10.6 Å². The second-order valence-corrected chi connectivity index (χ2v) is 6.55. The molecular weight excluding hydrogens is 307 g/mol. The highest BCUT2D eigenvalue weighted by molar-refractivity contribution is 6.39. The standard InChI is InChI=1S/C16H22Cl2N2O/c1-3-11-7-8-14(10(11)2)19-9-15(21)20-16-12(17)5-4-6-13(16)18/h4-6,10-11,14,19H,3,7-9H2,1-2H3,(H,20,21). The molecule has 0 saturated heterocycles. The van der Waals surface area contributed by atoms with Gasteiger partial charge in [-0.25, -0.2) is 0 Å². The first-order valence-corrected chi connectivity index (χ1v) is 8.25. The lowest BCUT2D eigenvalue weighted by atomic mass is 9.93. The SMILES string of the molecule is CCC1CCC(NCC(=O)Nc2c(Cl)cccc2Cl)C1C. The van der Waals surface area contributed by atoms with Crippen LogP contribution in [0.4, 0.5) is 5.69 Å². The smallest absolute Gasteiger partial charge is 0.238 e. The fourth-order valence-electron chi connectivity index (χ4n) is 3.14. The van der Waals surface area contributed by atoms with Crippen molar-refractivity contribution >= 4 is 34.8 Å². The molecular formula is C16H22Cl2N2O. The van der Waals surface area contributed by atoms with E-state index in [9.17, 15) is 4.79 Å². The van der Waals surface area contributed by atoms with Crippen molar-refractivity contribution in [3.05, 3.63) is 28.2 Å². The molecule has 5 heteroatoms. The Morgan fingerprint density at radius 2 is 1.95 bits per heavy atom. The van der Waals surface area contributed by atoms with Gasteiger partial charge in [0.15, 0.2) is 0 Å². The molecule has 0 aromatic heterocycles. The Morgan fingerprint density at radius 3 is 2.52 bits per heavy atom. The summed E-state index contributed by atoms with van der Waals surface area (Å²) in [4.78, 5) is 12.0. The van der Waals surface area contributed by atoms with Crippen LogP contribution in [0.3, 0.4) is 0 Å². The molecule has 1 amide bonds. The fourth-order valence-corrected chi connectivity index (χ4v) is 3.63. The summed E-state index contributed by atoms with van der Waals surface area (Å²) in [6, 6.07) is 5.59. The Kier molecular flexibility index (Phi) is 5.91. The summed E-state index contributed by atoms with van der Waals surface area (Å²) in [7, 11) is 0. The van der Waals surface area contributed by atoms with E-state index in [0.29, 0.717) is 27.7 Å². The van der Waals surface area contributed by atoms with Crippen molar-refractivity contribution in [3.63, 3.8) is 0 Å². The Balaban J connectivity index is 1.86. The number of para-hydroxylation sites is 1. The number of carbonyl (C=O) groups is 1. The van der Waals surface area contributed by atoms with Crippen molar-refractivity contribution in [2.75, 3.05) is 11.9 Å². The molecule has 0 aliphatic heterocycles. The van der Waals surface area contributed by atoms with Crippen LogP contribution in [-0.4, -0.2) is 18.5 Å². The molecule has 2 rings (SSSR count). The molecule has 1 aromatic rings. The predicted octanol–water partition coefficient (Wildman–Crippen LogP) is 4.35. The lowest BCUT2D eigenvalue weighted by Gasteiger charge is -2.21. The third-order valence-electron chi connectivity index (χ3n) is 4.50. The molecule has 0 radical (unpaired) electrons. The summed E-state index contributed by atoms with van der Waals surface area (Å²) in [5.41, 5.74) is 0.485. The molecule has 1 aromatic carbocycles. The Bertz CT molecular complexity index is 487. The van der Waals surface area contributed by atoms with E-state index < -0.39 is 0 Å². The summed E-state index contributed by atoms with van der Waals surface area (Å²) in [5, 5.41) is 7.04. The third-order valence-corrected chi connectivity index (χ3v) is 5.13. The number of halogens is 2. The fraction of sp³-hybridized carbons (Fsp3) is 0.562. The molecule has 1 saturated carbocycles. The van der Waals surface area contributed by atoms with E-state index in [1.165, 1.54) is 12.8 Å². The molecule has 0 heterocycles. The minimum Gasteiger partial charge on any atom is -0.322 e. The number of rotatable bonds is 5. The first-order valence-electron chi connectivity index (χ1n) is 7.50. The Hall–Kier alpha value is -0.770. The zero-order valence-corrected chi connectivity index (χ0v) is 14.0. The van der Waals surface area contributed by atoms with Crippen LogP contribution in [0.15, 0.2) is 18.2 Å². The lowest BCUT2D eigenvalue weighted by molar-refractivity contribution is -0.115. The lowest BCUT2D eigenvalue weighted by Crippen LogP contribution is -2.38. The molecule has 116 valence electrons. The maximum Gasteiger partial charge on any atom is 0.238 e. The monoisotopic (exact) mass is 328 g/mol. The molecule has 21 heavy (non-hydrogen) atoms. The zero-order chi connectivity index (χ0) is 15.4. The van der Waals surface area contributed by atoms with Gasteiger partial charge in [-0.3, -0.25) is 4.79 Å². The van der Waals surface area contributed by atoms with E-state index in [0.717, 1.165) is 12.3 Å².